The minimum atomic E-state index is -0.603. The molecular formula is C22H22N2O4. The van der Waals surface area contributed by atoms with Gasteiger partial charge in [0.25, 0.3) is 5.91 Å². The monoisotopic (exact) mass is 378 g/mol. The molecule has 0 aliphatic carbocycles. The molecule has 144 valence electrons. The Morgan fingerprint density at radius 3 is 2.39 bits per heavy atom. The largest absolute Gasteiger partial charge is 0.496 e. The molecule has 1 aromatic heterocycles. The zero-order valence-corrected chi connectivity index (χ0v) is 15.8. The Morgan fingerprint density at radius 2 is 1.71 bits per heavy atom. The van der Waals surface area contributed by atoms with Crippen molar-refractivity contribution in [3.05, 3.63) is 78.1 Å². The second kappa shape index (κ2) is 9.01. The fraction of sp³-hybridized carbons (Fsp3) is 0.182. The van der Waals surface area contributed by atoms with Gasteiger partial charge in [-0.25, -0.2) is 0 Å². The lowest BCUT2D eigenvalue weighted by Gasteiger charge is -2.20. The summed E-state index contributed by atoms with van der Waals surface area (Å²) in [5.41, 5.74) is 2.98. The second-order valence-corrected chi connectivity index (χ2v) is 6.10. The van der Waals surface area contributed by atoms with E-state index in [1.807, 2.05) is 36.4 Å². The lowest BCUT2D eigenvalue weighted by molar-refractivity contribution is 0.0912. The third kappa shape index (κ3) is 4.13. The minimum Gasteiger partial charge on any atom is -0.496 e. The van der Waals surface area contributed by atoms with Crippen LogP contribution in [0.15, 0.2) is 67.0 Å². The zero-order valence-electron chi connectivity index (χ0n) is 15.8. The van der Waals surface area contributed by atoms with Crippen LogP contribution in [0, 0.1) is 0 Å². The number of methoxy groups -OCH3 is 2. The van der Waals surface area contributed by atoms with E-state index in [9.17, 15) is 9.90 Å². The number of hydrogen-bond acceptors (Lipinski definition) is 5. The molecule has 0 aliphatic heterocycles. The summed E-state index contributed by atoms with van der Waals surface area (Å²) in [5, 5.41) is 12.7. The van der Waals surface area contributed by atoms with Gasteiger partial charge in [-0.1, -0.05) is 24.3 Å². The lowest BCUT2D eigenvalue weighted by atomic mass is 10.0. The van der Waals surface area contributed by atoms with E-state index >= 15 is 0 Å². The summed E-state index contributed by atoms with van der Waals surface area (Å²) in [6.45, 7) is -0.260. The average molecular weight is 378 g/mol. The van der Waals surface area contributed by atoms with Crippen molar-refractivity contribution in [1.82, 2.24) is 10.3 Å². The Bertz CT molecular complexity index is 944. The number of hydrogen-bond donors (Lipinski definition) is 2. The minimum absolute atomic E-state index is 0.260. The van der Waals surface area contributed by atoms with E-state index in [0.29, 0.717) is 22.6 Å². The van der Waals surface area contributed by atoms with Crippen molar-refractivity contribution < 1.29 is 19.4 Å². The number of carbonyl (C=O) groups excluding carboxylic acids is 1. The van der Waals surface area contributed by atoms with Gasteiger partial charge in [0.05, 0.1) is 32.4 Å². The van der Waals surface area contributed by atoms with Crippen LogP contribution in [0.5, 0.6) is 11.5 Å². The number of aliphatic hydroxyl groups excluding tert-OH is 1. The molecule has 0 saturated heterocycles. The molecule has 1 heterocycles. The van der Waals surface area contributed by atoms with Crippen LogP contribution in [0.3, 0.4) is 0 Å². The van der Waals surface area contributed by atoms with Crippen LogP contribution in [0.1, 0.15) is 22.0 Å². The molecule has 2 N–H and O–H groups in total. The second-order valence-electron chi connectivity index (χ2n) is 6.10. The summed E-state index contributed by atoms with van der Waals surface area (Å²) in [7, 11) is 3.07. The highest BCUT2D eigenvalue weighted by atomic mass is 16.5. The number of benzene rings is 2. The fourth-order valence-electron chi connectivity index (χ4n) is 3.01. The average Bonchev–Trinajstić information content (AvgIpc) is 2.77. The quantitative estimate of drug-likeness (QED) is 0.660. The van der Waals surface area contributed by atoms with Crippen molar-refractivity contribution in [3.8, 4) is 22.6 Å². The molecule has 3 aromatic rings. The van der Waals surface area contributed by atoms with Crippen LogP contribution in [-0.2, 0) is 0 Å². The molecule has 0 aliphatic rings. The third-order valence-corrected chi connectivity index (χ3v) is 4.46. The van der Waals surface area contributed by atoms with Crippen LogP contribution in [0.2, 0.25) is 0 Å². The first kappa shape index (κ1) is 19.4. The molecule has 0 radical (unpaired) electrons. The number of rotatable bonds is 7. The van der Waals surface area contributed by atoms with Crippen LogP contribution in [0.4, 0.5) is 0 Å². The van der Waals surface area contributed by atoms with Gasteiger partial charge in [0.15, 0.2) is 0 Å². The van der Waals surface area contributed by atoms with Gasteiger partial charge in [0, 0.05) is 18.0 Å². The molecule has 0 saturated carbocycles. The first-order chi connectivity index (χ1) is 13.7. The number of aromatic nitrogens is 1. The van der Waals surface area contributed by atoms with Gasteiger partial charge >= 0.3 is 0 Å². The summed E-state index contributed by atoms with van der Waals surface area (Å²) in [6, 6.07) is 15.8. The molecule has 0 fully saturated rings. The van der Waals surface area contributed by atoms with E-state index in [4.69, 9.17) is 9.47 Å². The van der Waals surface area contributed by atoms with E-state index in [-0.39, 0.29) is 12.5 Å². The van der Waals surface area contributed by atoms with Crippen molar-refractivity contribution in [1.29, 1.82) is 0 Å². The molecule has 2 aromatic carbocycles. The van der Waals surface area contributed by atoms with Crippen molar-refractivity contribution >= 4 is 5.91 Å². The Hall–Kier alpha value is -3.38. The first-order valence-corrected chi connectivity index (χ1v) is 8.81. The highest BCUT2D eigenvalue weighted by Gasteiger charge is 2.20. The molecule has 6 nitrogen and oxygen atoms in total. The lowest BCUT2D eigenvalue weighted by Crippen LogP contribution is -2.31. The Kier molecular flexibility index (Phi) is 6.24. The van der Waals surface area contributed by atoms with Crippen LogP contribution >= 0.6 is 0 Å². The number of amides is 1. The SMILES string of the molecule is COc1cc(-c2ccncc2)ccc1C(=O)NC(CO)c1ccccc1OC. The summed E-state index contributed by atoms with van der Waals surface area (Å²) < 4.78 is 10.8. The number of ether oxygens (including phenoxy) is 2. The normalized spacial score (nSPS) is 11.5. The van der Waals surface area contributed by atoms with Gasteiger partial charge in [-0.3, -0.25) is 9.78 Å². The van der Waals surface area contributed by atoms with Gasteiger partial charge in [0.1, 0.15) is 11.5 Å². The Balaban J connectivity index is 1.87. The fourth-order valence-corrected chi connectivity index (χ4v) is 3.01. The zero-order chi connectivity index (χ0) is 19.9. The highest BCUT2D eigenvalue weighted by molar-refractivity contribution is 5.98. The molecule has 3 rings (SSSR count). The third-order valence-electron chi connectivity index (χ3n) is 4.46. The standard InChI is InChI=1S/C22H22N2O4/c1-27-20-6-4-3-5-17(20)19(14-25)24-22(26)18-8-7-16(13-21(18)28-2)15-9-11-23-12-10-15/h3-13,19,25H,14H2,1-2H3,(H,24,26). The summed E-state index contributed by atoms with van der Waals surface area (Å²) >= 11 is 0. The van der Waals surface area contributed by atoms with Gasteiger partial charge in [-0.05, 0) is 41.5 Å². The molecule has 28 heavy (non-hydrogen) atoms. The van der Waals surface area contributed by atoms with Crippen molar-refractivity contribution in [2.75, 3.05) is 20.8 Å². The van der Waals surface area contributed by atoms with E-state index in [1.165, 1.54) is 7.11 Å². The van der Waals surface area contributed by atoms with Crippen LogP contribution in [0.25, 0.3) is 11.1 Å². The number of aliphatic hydroxyl groups is 1. The van der Waals surface area contributed by atoms with E-state index in [2.05, 4.69) is 10.3 Å². The number of nitrogens with zero attached hydrogens (tertiary/aromatic N) is 1. The molecule has 6 heteroatoms. The van der Waals surface area contributed by atoms with E-state index < -0.39 is 6.04 Å². The molecule has 0 spiro atoms. The topological polar surface area (TPSA) is 80.7 Å². The van der Waals surface area contributed by atoms with Gasteiger partial charge in [0.2, 0.25) is 0 Å². The maximum Gasteiger partial charge on any atom is 0.255 e. The van der Waals surface area contributed by atoms with Crippen molar-refractivity contribution in [2.45, 2.75) is 6.04 Å². The van der Waals surface area contributed by atoms with E-state index in [1.54, 1.807) is 37.7 Å². The summed E-state index contributed by atoms with van der Waals surface area (Å²) in [5.74, 6) is 0.702. The number of pyridine rings is 1. The molecular weight excluding hydrogens is 356 g/mol. The summed E-state index contributed by atoms with van der Waals surface area (Å²) in [6.07, 6.45) is 3.42. The molecule has 1 unspecified atom stereocenters. The predicted molar refractivity (Wildman–Crippen MR) is 107 cm³/mol. The highest BCUT2D eigenvalue weighted by Crippen LogP contribution is 2.29. The maximum absolute atomic E-state index is 12.9. The smallest absolute Gasteiger partial charge is 0.255 e. The van der Waals surface area contributed by atoms with Gasteiger partial charge in [-0.2, -0.15) is 0 Å². The van der Waals surface area contributed by atoms with Crippen molar-refractivity contribution in [2.24, 2.45) is 0 Å². The number of carbonyl (C=O) groups is 1. The van der Waals surface area contributed by atoms with Crippen molar-refractivity contribution in [3.63, 3.8) is 0 Å². The predicted octanol–water partition coefficient (Wildman–Crippen LogP) is 3.23. The number of para-hydroxylation sites is 1. The van der Waals surface area contributed by atoms with Crippen LogP contribution in [-0.4, -0.2) is 36.8 Å². The Morgan fingerprint density at radius 1 is 1.00 bits per heavy atom. The summed E-state index contributed by atoms with van der Waals surface area (Å²) in [4.78, 5) is 16.9. The number of nitrogens with one attached hydrogen (secondary N) is 1. The molecule has 1 atom stereocenters. The van der Waals surface area contributed by atoms with E-state index in [0.717, 1.165) is 11.1 Å². The first-order valence-electron chi connectivity index (χ1n) is 8.81. The molecule has 1 amide bonds. The molecule has 0 bridgehead atoms. The Labute approximate surface area is 163 Å². The van der Waals surface area contributed by atoms with Crippen LogP contribution < -0.4 is 14.8 Å². The maximum atomic E-state index is 12.9. The van der Waals surface area contributed by atoms with Gasteiger partial charge in [-0.15, -0.1) is 0 Å². The van der Waals surface area contributed by atoms with Gasteiger partial charge < -0.3 is 19.9 Å².